The number of pyridine rings is 1. The van der Waals surface area contributed by atoms with Gasteiger partial charge in [-0.25, -0.2) is 9.19 Å². The number of hydrogen-bond donors (Lipinski definition) is 0. The molecule has 2 aromatic rings. The standard InChI is InChI=1S/C14H15F3N4OS2/c1-8(21-24(22)13(2,3)4)12-19-11(20-23-12)9-5-6-18-10(7-9)14(15,16)17/h5-7H,1-4H3/t24-/m0/s1. The first-order valence-corrected chi connectivity index (χ1v) is 8.71. The van der Waals surface area contributed by atoms with Gasteiger partial charge >= 0.3 is 6.18 Å². The first-order chi connectivity index (χ1) is 11.0. The highest BCUT2D eigenvalue weighted by Crippen LogP contribution is 2.30. The molecule has 0 aromatic carbocycles. The third kappa shape index (κ3) is 4.44. The Bertz CT molecular complexity index is 794. The van der Waals surface area contributed by atoms with Crippen LogP contribution in [-0.4, -0.2) is 29.0 Å². The summed E-state index contributed by atoms with van der Waals surface area (Å²) in [6, 6.07) is 2.30. The van der Waals surface area contributed by atoms with Gasteiger partial charge in [0.05, 0.1) is 10.5 Å². The fourth-order valence-electron chi connectivity index (χ4n) is 1.51. The lowest BCUT2D eigenvalue weighted by molar-refractivity contribution is -0.141. The molecule has 0 aliphatic carbocycles. The topological polar surface area (TPSA) is 68.1 Å². The van der Waals surface area contributed by atoms with Crippen molar-refractivity contribution in [3.8, 4) is 11.4 Å². The van der Waals surface area contributed by atoms with E-state index in [1.165, 1.54) is 6.07 Å². The second kappa shape index (κ2) is 6.67. The minimum absolute atomic E-state index is 0.152. The summed E-state index contributed by atoms with van der Waals surface area (Å²) in [5.41, 5.74) is -0.364. The van der Waals surface area contributed by atoms with Crippen molar-refractivity contribution in [3.05, 3.63) is 29.0 Å². The van der Waals surface area contributed by atoms with Crippen molar-refractivity contribution in [2.75, 3.05) is 0 Å². The molecule has 0 aliphatic heterocycles. The summed E-state index contributed by atoms with van der Waals surface area (Å²) in [5.74, 6) is 0.152. The third-order valence-corrected chi connectivity index (χ3v) is 5.10. The summed E-state index contributed by atoms with van der Waals surface area (Å²) in [4.78, 5) is 7.49. The minimum Gasteiger partial charge on any atom is -0.252 e. The lowest BCUT2D eigenvalue weighted by atomic mass is 10.2. The number of alkyl halides is 3. The van der Waals surface area contributed by atoms with Crippen molar-refractivity contribution < 1.29 is 17.4 Å². The summed E-state index contributed by atoms with van der Waals surface area (Å²) in [7, 11) is -1.45. The summed E-state index contributed by atoms with van der Waals surface area (Å²) in [6.07, 6.45) is -3.47. The molecule has 0 aliphatic rings. The van der Waals surface area contributed by atoms with Crippen molar-refractivity contribution in [3.63, 3.8) is 0 Å². The number of nitrogens with zero attached hydrogens (tertiary/aromatic N) is 4. The number of aromatic nitrogens is 3. The molecule has 2 rings (SSSR count). The second-order valence-corrected chi connectivity index (χ2v) is 8.55. The van der Waals surface area contributed by atoms with Crippen LogP contribution in [0.15, 0.2) is 22.7 Å². The maximum atomic E-state index is 12.7. The normalized spacial score (nSPS) is 14.7. The smallest absolute Gasteiger partial charge is 0.252 e. The lowest BCUT2D eigenvalue weighted by Gasteiger charge is -2.13. The minimum atomic E-state index is -4.53. The van der Waals surface area contributed by atoms with Gasteiger partial charge in [-0.15, -0.1) is 0 Å². The van der Waals surface area contributed by atoms with Gasteiger partial charge in [0.1, 0.15) is 16.7 Å². The van der Waals surface area contributed by atoms with Gasteiger partial charge in [-0.1, -0.05) is 0 Å². The highest BCUT2D eigenvalue weighted by molar-refractivity contribution is 7.85. The SMILES string of the molecule is CC(=N[S@@](=O)C(C)(C)C)c1nc(-c2ccnc(C(F)(F)F)c2)ns1. The van der Waals surface area contributed by atoms with Crippen molar-refractivity contribution in [2.45, 2.75) is 38.6 Å². The zero-order valence-electron chi connectivity index (χ0n) is 13.4. The van der Waals surface area contributed by atoms with Gasteiger partial charge in [0.25, 0.3) is 0 Å². The van der Waals surface area contributed by atoms with Gasteiger partial charge in [-0.2, -0.15) is 21.9 Å². The molecule has 2 heterocycles. The van der Waals surface area contributed by atoms with Crippen LogP contribution in [0.5, 0.6) is 0 Å². The van der Waals surface area contributed by atoms with Crippen molar-refractivity contribution in [1.82, 2.24) is 14.3 Å². The molecular weight excluding hydrogens is 361 g/mol. The Labute approximate surface area is 143 Å². The Morgan fingerprint density at radius 3 is 2.54 bits per heavy atom. The average Bonchev–Trinajstić information content (AvgIpc) is 2.95. The van der Waals surface area contributed by atoms with Crippen LogP contribution in [-0.2, 0) is 17.2 Å². The maximum absolute atomic E-state index is 12.7. The average molecular weight is 376 g/mol. The Kier molecular flexibility index (Phi) is 5.19. The van der Waals surface area contributed by atoms with Crippen LogP contribution >= 0.6 is 11.5 Å². The van der Waals surface area contributed by atoms with E-state index in [1.54, 1.807) is 27.7 Å². The molecule has 0 radical (unpaired) electrons. The van der Waals surface area contributed by atoms with E-state index in [2.05, 4.69) is 18.7 Å². The molecule has 24 heavy (non-hydrogen) atoms. The molecule has 10 heteroatoms. The van der Waals surface area contributed by atoms with Crippen LogP contribution in [0.4, 0.5) is 13.2 Å². The Balaban J connectivity index is 2.32. The largest absolute Gasteiger partial charge is 0.433 e. The lowest BCUT2D eigenvalue weighted by Crippen LogP contribution is -2.20. The van der Waals surface area contributed by atoms with E-state index >= 15 is 0 Å². The first-order valence-electron chi connectivity index (χ1n) is 6.83. The molecule has 0 amide bonds. The molecule has 0 fully saturated rings. The van der Waals surface area contributed by atoms with E-state index in [0.29, 0.717) is 10.7 Å². The Morgan fingerprint density at radius 2 is 1.96 bits per heavy atom. The Morgan fingerprint density at radius 1 is 1.29 bits per heavy atom. The molecule has 0 spiro atoms. The van der Waals surface area contributed by atoms with Crippen LogP contribution in [0.3, 0.4) is 0 Å². The van der Waals surface area contributed by atoms with E-state index in [9.17, 15) is 17.4 Å². The van der Waals surface area contributed by atoms with Crippen LogP contribution in [0, 0.1) is 0 Å². The highest BCUT2D eigenvalue weighted by Gasteiger charge is 2.32. The summed E-state index contributed by atoms with van der Waals surface area (Å²) >= 11 is 0.990. The van der Waals surface area contributed by atoms with E-state index in [0.717, 1.165) is 23.8 Å². The van der Waals surface area contributed by atoms with E-state index in [-0.39, 0.29) is 11.4 Å². The summed E-state index contributed by atoms with van der Waals surface area (Å²) in [6.45, 7) is 7.02. The number of halogens is 3. The summed E-state index contributed by atoms with van der Waals surface area (Å²) < 4.78 is 57.8. The van der Waals surface area contributed by atoms with Gasteiger partial charge in [0, 0.05) is 11.8 Å². The van der Waals surface area contributed by atoms with Gasteiger partial charge in [0.15, 0.2) is 10.8 Å². The van der Waals surface area contributed by atoms with Crippen LogP contribution in [0.25, 0.3) is 11.4 Å². The van der Waals surface area contributed by atoms with E-state index in [4.69, 9.17) is 0 Å². The molecule has 0 unspecified atom stereocenters. The Hall–Kier alpha value is -1.68. The highest BCUT2D eigenvalue weighted by atomic mass is 32.2. The zero-order valence-corrected chi connectivity index (χ0v) is 15.0. The molecule has 1 atom stereocenters. The first kappa shape index (κ1) is 18.7. The van der Waals surface area contributed by atoms with Crippen LogP contribution in [0.1, 0.15) is 38.4 Å². The summed E-state index contributed by atoms with van der Waals surface area (Å²) in [5, 5.41) is 0.410. The van der Waals surface area contributed by atoms with Gasteiger partial charge < -0.3 is 0 Å². The second-order valence-electron chi connectivity index (χ2n) is 5.89. The number of rotatable bonds is 3. The van der Waals surface area contributed by atoms with Crippen molar-refractivity contribution >= 4 is 28.2 Å². The molecule has 0 bridgehead atoms. The fourth-order valence-corrected chi connectivity index (χ4v) is 2.80. The molecule has 130 valence electrons. The van der Waals surface area contributed by atoms with Crippen LogP contribution in [0.2, 0.25) is 0 Å². The predicted molar refractivity (Wildman–Crippen MR) is 88.2 cm³/mol. The maximum Gasteiger partial charge on any atom is 0.433 e. The fraction of sp³-hybridized carbons (Fsp3) is 0.429. The monoisotopic (exact) mass is 376 g/mol. The molecular formula is C14H15F3N4OS2. The van der Waals surface area contributed by atoms with E-state index in [1.807, 2.05) is 0 Å². The van der Waals surface area contributed by atoms with Gasteiger partial charge in [-0.3, -0.25) is 4.98 Å². The molecule has 0 saturated carbocycles. The molecule has 0 N–H and O–H groups in total. The predicted octanol–water partition coefficient (Wildman–Crippen LogP) is 3.89. The molecule has 5 nitrogen and oxygen atoms in total. The molecule has 0 saturated heterocycles. The van der Waals surface area contributed by atoms with Crippen molar-refractivity contribution in [2.24, 2.45) is 4.40 Å². The van der Waals surface area contributed by atoms with Crippen molar-refractivity contribution in [1.29, 1.82) is 0 Å². The number of hydrogen-bond acceptors (Lipinski definition) is 5. The van der Waals surface area contributed by atoms with Gasteiger partial charge in [0.2, 0.25) is 0 Å². The molecule has 2 aromatic heterocycles. The third-order valence-electron chi connectivity index (χ3n) is 2.79. The van der Waals surface area contributed by atoms with Crippen LogP contribution < -0.4 is 0 Å². The van der Waals surface area contributed by atoms with E-state index < -0.39 is 27.6 Å². The quantitative estimate of drug-likeness (QED) is 0.762. The van der Waals surface area contributed by atoms with Gasteiger partial charge in [-0.05, 0) is 51.4 Å². The zero-order chi connectivity index (χ0) is 18.1.